The second kappa shape index (κ2) is 4.46. The number of aromatic nitrogens is 3. The van der Waals surface area contributed by atoms with E-state index in [2.05, 4.69) is 10.3 Å². The van der Waals surface area contributed by atoms with E-state index in [1.165, 1.54) is 6.07 Å². The van der Waals surface area contributed by atoms with Crippen LogP contribution in [-0.4, -0.2) is 26.5 Å². The van der Waals surface area contributed by atoms with E-state index in [0.717, 1.165) is 29.9 Å². The van der Waals surface area contributed by atoms with Crippen molar-refractivity contribution in [3.63, 3.8) is 0 Å². The topological polar surface area (TPSA) is 30.7 Å². The Morgan fingerprint density at radius 1 is 1.35 bits per heavy atom. The molecule has 0 bridgehead atoms. The molecular formula is C11H11ClFN3S. The maximum absolute atomic E-state index is 13.3. The maximum atomic E-state index is 13.3. The third kappa shape index (κ3) is 2.02. The molecule has 2 aromatic rings. The molecule has 0 aliphatic carbocycles. The zero-order valence-corrected chi connectivity index (χ0v) is 10.6. The van der Waals surface area contributed by atoms with Crippen LogP contribution in [0.1, 0.15) is 18.9 Å². The Morgan fingerprint density at radius 2 is 2.12 bits per heavy atom. The number of hydrogen-bond donors (Lipinski definition) is 0. The average molecular weight is 272 g/mol. The highest BCUT2D eigenvalue weighted by molar-refractivity contribution is 7.99. The smallest absolute Gasteiger partial charge is 0.144 e. The van der Waals surface area contributed by atoms with E-state index in [1.54, 1.807) is 6.07 Å². The number of halogens is 2. The van der Waals surface area contributed by atoms with E-state index >= 15 is 0 Å². The number of nitrogens with zero attached hydrogens (tertiary/aromatic N) is 3. The van der Waals surface area contributed by atoms with Crippen molar-refractivity contribution in [1.82, 2.24) is 15.0 Å². The molecule has 1 aromatic carbocycles. The fraction of sp³-hybridized carbons (Fsp3) is 0.455. The molecule has 2 heterocycles. The van der Waals surface area contributed by atoms with Gasteiger partial charge in [0.1, 0.15) is 11.3 Å². The molecule has 0 amide bonds. The van der Waals surface area contributed by atoms with Crippen LogP contribution < -0.4 is 0 Å². The molecule has 1 fully saturated rings. The molecule has 1 saturated heterocycles. The second-order valence-corrected chi connectivity index (χ2v) is 5.76. The van der Waals surface area contributed by atoms with Gasteiger partial charge in [-0.1, -0.05) is 16.8 Å². The molecule has 3 nitrogen and oxygen atoms in total. The van der Waals surface area contributed by atoms with Crippen molar-refractivity contribution in [3.05, 3.63) is 23.0 Å². The molecule has 0 spiro atoms. The fourth-order valence-corrected chi connectivity index (χ4v) is 3.37. The molecule has 1 aromatic heterocycles. The number of benzene rings is 1. The number of rotatable bonds is 1. The maximum Gasteiger partial charge on any atom is 0.144 e. The van der Waals surface area contributed by atoms with Crippen molar-refractivity contribution in [2.24, 2.45) is 0 Å². The first-order valence-electron chi connectivity index (χ1n) is 5.53. The Morgan fingerprint density at radius 3 is 2.88 bits per heavy atom. The van der Waals surface area contributed by atoms with Gasteiger partial charge in [0.05, 0.1) is 16.6 Å². The van der Waals surface area contributed by atoms with Crippen LogP contribution in [0.15, 0.2) is 12.1 Å². The van der Waals surface area contributed by atoms with E-state index in [0.29, 0.717) is 11.6 Å². The van der Waals surface area contributed by atoms with Gasteiger partial charge in [0.15, 0.2) is 0 Å². The molecule has 0 unspecified atom stereocenters. The highest BCUT2D eigenvalue weighted by atomic mass is 35.5. The highest BCUT2D eigenvalue weighted by Gasteiger charge is 2.19. The number of thioether (sulfide) groups is 1. The van der Waals surface area contributed by atoms with Gasteiger partial charge in [-0.25, -0.2) is 9.07 Å². The van der Waals surface area contributed by atoms with Gasteiger partial charge in [0, 0.05) is 6.07 Å². The largest absolute Gasteiger partial charge is 0.241 e. The van der Waals surface area contributed by atoms with Crippen LogP contribution in [0.4, 0.5) is 4.39 Å². The molecule has 0 N–H and O–H groups in total. The second-order valence-electron chi connectivity index (χ2n) is 4.13. The molecule has 1 aliphatic heterocycles. The van der Waals surface area contributed by atoms with E-state index < -0.39 is 5.82 Å². The lowest BCUT2D eigenvalue weighted by Gasteiger charge is -2.21. The third-order valence-electron chi connectivity index (χ3n) is 3.05. The van der Waals surface area contributed by atoms with Crippen molar-refractivity contribution in [2.45, 2.75) is 18.9 Å². The molecular weight excluding hydrogens is 261 g/mol. The third-order valence-corrected chi connectivity index (χ3v) is 4.39. The van der Waals surface area contributed by atoms with Gasteiger partial charge in [0.2, 0.25) is 0 Å². The lowest BCUT2D eigenvalue weighted by molar-refractivity contribution is 0.428. The van der Waals surface area contributed by atoms with Crippen molar-refractivity contribution in [3.8, 4) is 0 Å². The summed E-state index contributed by atoms with van der Waals surface area (Å²) in [6.45, 7) is 0. The van der Waals surface area contributed by atoms with Crippen LogP contribution in [0.5, 0.6) is 0 Å². The Labute approximate surface area is 107 Å². The van der Waals surface area contributed by atoms with E-state index in [-0.39, 0.29) is 5.02 Å². The predicted molar refractivity (Wildman–Crippen MR) is 68.1 cm³/mol. The minimum Gasteiger partial charge on any atom is -0.241 e. The summed E-state index contributed by atoms with van der Waals surface area (Å²) in [7, 11) is 0. The average Bonchev–Trinajstić information content (AvgIpc) is 2.74. The van der Waals surface area contributed by atoms with Crippen molar-refractivity contribution < 1.29 is 4.39 Å². The lowest BCUT2D eigenvalue weighted by atomic mass is 10.1. The molecule has 0 saturated carbocycles. The van der Waals surface area contributed by atoms with Crippen molar-refractivity contribution >= 4 is 34.4 Å². The standard InChI is InChI=1S/C11H11ClFN3S/c12-8-5-11-10(6-9(8)13)14-15-16(11)7-1-3-17-4-2-7/h5-7H,1-4H2. The lowest BCUT2D eigenvalue weighted by Crippen LogP contribution is -2.16. The van der Waals surface area contributed by atoms with E-state index in [1.807, 2.05) is 16.4 Å². The molecule has 6 heteroatoms. The summed E-state index contributed by atoms with van der Waals surface area (Å²) in [6, 6.07) is 3.33. The van der Waals surface area contributed by atoms with Crippen LogP contribution in [-0.2, 0) is 0 Å². The summed E-state index contributed by atoms with van der Waals surface area (Å²) in [6.07, 6.45) is 2.16. The number of fused-ring (bicyclic) bond motifs is 1. The van der Waals surface area contributed by atoms with Gasteiger partial charge in [-0.15, -0.1) is 5.10 Å². The van der Waals surface area contributed by atoms with Crippen molar-refractivity contribution in [2.75, 3.05) is 11.5 Å². The molecule has 1 aliphatic rings. The monoisotopic (exact) mass is 271 g/mol. The van der Waals surface area contributed by atoms with E-state index in [9.17, 15) is 4.39 Å². The minimum atomic E-state index is -0.439. The quantitative estimate of drug-likeness (QED) is 0.797. The van der Waals surface area contributed by atoms with Crippen LogP contribution in [0.2, 0.25) is 5.02 Å². The Bertz CT molecular complexity index is 551. The van der Waals surface area contributed by atoms with Crippen LogP contribution in [0.25, 0.3) is 11.0 Å². The van der Waals surface area contributed by atoms with Crippen LogP contribution in [0.3, 0.4) is 0 Å². The fourth-order valence-electron chi connectivity index (χ4n) is 2.13. The first kappa shape index (κ1) is 11.3. The minimum absolute atomic E-state index is 0.131. The Kier molecular flexibility index (Phi) is 2.96. The summed E-state index contributed by atoms with van der Waals surface area (Å²) >= 11 is 7.77. The number of hydrogen-bond acceptors (Lipinski definition) is 3. The summed E-state index contributed by atoms with van der Waals surface area (Å²) in [5.74, 6) is 1.84. The van der Waals surface area contributed by atoms with Gasteiger partial charge in [-0.2, -0.15) is 11.8 Å². The normalized spacial score (nSPS) is 17.8. The molecule has 17 heavy (non-hydrogen) atoms. The van der Waals surface area contributed by atoms with Gasteiger partial charge < -0.3 is 0 Å². The van der Waals surface area contributed by atoms with Gasteiger partial charge >= 0.3 is 0 Å². The molecule has 90 valence electrons. The zero-order valence-electron chi connectivity index (χ0n) is 9.07. The SMILES string of the molecule is Fc1cc2nnn(C3CCSCC3)c2cc1Cl. The first-order valence-corrected chi connectivity index (χ1v) is 7.06. The first-order chi connectivity index (χ1) is 8.25. The summed E-state index contributed by atoms with van der Waals surface area (Å²) in [5, 5.41) is 8.27. The summed E-state index contributed by atoms with van der Waals surface area (Å²) < 4.78 is 15.2. The Hall–Kier alpha value is -0.810. The summed E-state index contributed by atoms with van der Waals surface area (Å²) in [5.41, 5.74) is 1.40. The molecule has 0 radical (unpaired) electrons. The van der Waals surface area contributed by atoms with Crippen molar-refractivity contribution in [1.29, 1.82) is 0 Å². The Balaban J connectivity index is 2.07. The van der Waals surface area contributed by atoms with Crippen LogP contribution in [0, 0.1) is 5.82 Å². The van der Waals surface area contributed by atoms with Gasteiger partial charge in [-0.05, 0) is 30.4 Å². The van der Waals surface area contributed by atoms with Gasteiger partial charge in [0.25, 0.3) is 0 Å². The van der Waals surface area contributed by atoms with E-state index in [4.69, 9.17) is 11.6 Å². The van der Waals surface area contributed by atoms with Gasteiger partial charge in [-0.3, -0.25) is 0 Å². The zero-order chi connectivity index (χ0) is 11.8. The molecule has 0 atom stereocenters. The highest BCUT2D eigenvalue weighted by Crippen LogP contribution is 2.30. The summed E-state index contributed by atoms with van der Waals surface area (Å²) in [4.78, 5) is 0. The molecule has 3 rings (SSSR count). The van der Waals surface area contributed by atoms with Crippen LogP contribution >= 0.6 is 23.4 Å². The predicted octanol–water partition coefficient (Wildman–Crippen LogP) is 3.29.